The first-order valence-electron chi connectivity index (χ1n) is 6.86. The summed E-state index contributed by atoms with van der Waals surface area (Å²) in [4.78, 5) is 13.7. The van der Waals surface area contributed by atoms with Gasteiger partial charge in [0.05, 0.1) is 13.2 Å². The lowest BCUT2D eigenvalue weighted by Crippen LogP contribution is -2.47. The first kappa shape index (κ1) is 12.7. The zero-order valence-corrected chi connectivity index (χ0v) is 10.8. The van der Waals surface area contributed by atoms with Gasteiger partial charge in [0.2, 0.25) is 0 Å². The number of nitrogens with one attached hydrogen (secondary N) is 1. The maximum absolute atomic E-state index is 11.9. The molecule has 1 N–H and O–H groups in total. The van der Waals surface area contributed by atoms with Crippen molar-refractivity contribution in [2.45, 2.75) is 32.6 Å². The summed E-state index contributed by atoms with van der Waals surface area (Å²) in [5.74, 6) is 1.57. The second-order valence-corrected chi connectivity index (χ2v) is 5.41. The summed E-state index contributed by atoms with van der Waals surface area (Å²) in [5.41, 5.74) is 0. The minimum absolute atomic E-state index is 0.0897. The van der Waals surface area contributed by atoms with Gasteiger partial charge in [-0.25, -0.2) is 4.79 Å². The first-order valence-corrected chi connectivity index (χ1v) is 6.86. The molecule has 4 heteroatoms. The van der Waals surface area contributed by atoms with Crippen LogP contribution in [0, 0.1) is 11.8 Å². The predicted molar refractivity (Wildman–Crippen MR) is 66.9 cm³/mol. The minimum atomic E-state index is 0.0897. The lowest BCUT2D eigenvalue weighted by atomic mass is 9.83. The number of hydrogen-bond donors (Lipinski definition) is 1. The third-order valence-corrected chi connectivity index (χ3v) is 3.98. The summed E-state index contributed by atoms with van der Waals surface area (Å²) in [6, 6.07) is 0.0897. The molecule has 1 aliphatic carbocycles. The van der Waals surface area contributed by atoms with Crippen LogP contribution in [0.1, 0.15) is 32.6 Å². The molecule has 1 heterocycles. The van der Waals surface area contributed by atoms with Crippen LogP contribution in [0.3, 0.4) is 0 Å². The van der Waals surface area contributed by atoms with Crippen molar-refractivity contribution in [3.8, 4) is 0 Å². The SMILES string of the molecule is CC1CCC(CNC(=O)N2CCOCC2)CC1. The van der Waals surface area contributed by atoms with Crippen LogP contribution in [0.2, 0.25) is 0 Å². The van der Waals surface area contributed by atoms with Crippen molar-refractivity contribution in [2.24, 2.45) is 11.8 Å². The number of carbonyl (C=O) groups is 1. The molecule has 0 unspecified atom stereocenters. The molecule has 0 radical (unpaired) electrons. The van der Waals surface area contributed by atoms with Crippen molar-refractivity contribution in [2.75, 3.05) is 32.8 Å². The van der Waals surface area contributed by atoms with Crippen LogP contribution in [-0.4, -0.2) is 43.8 Å². The average molecular weight is 240 g/mol. The second-order valence-electron chi connectivity index (χ2n) is 5.41. The molecule has 2 fully saturated rings. The van der Waals surface area contributed by atoms with Gasteiger partial charge in [0.1, 0.15) is 0 Å². The fourth-order valence-corrected chi connectivity index (χ4v) is 2.64. The molecule has 0 aromatic heterocycles. The molecule has 0 aromatic carbocycles. The Morgan fingerprint density at radius 1 is 1.24 bits per heavy atom. The Balaban J connectivity index is 1.65. The van der Waals surface area contributed by atoms with Crippen LogP contribution < -0.4 is 5.32 Å². The van der Waals surface area contributed by atoms with Crippen molar-refractivity contribution in [3.63, 3.8) is 0 Å². The van der Waals surface area contributed by atoms with Crippen LogP contribution in [0.5, 0.6) is 0 Å². The lowest BCUT2D eigenvalue weighted by molar-refractivity contribution is 0.0528. The molecule has 1 aliphatic heterocycles. The number of urea groups is 1. The number of hydrogen-bond acceptors (Lipinski definition) is 2. The quantitative estimate of drug-likeness (QED) is 0.800. The number of ether oxygens (including phenoxy) is 1. The largest absolute Gasteiger partial charge is 0.378 e. The Kier molecular flexibility index (Phi) is 4.66. The number of amides is 2. The van der Waals surface area contributed by atoms with E-state index in [-0.39, 0.29) is 6.03 Å². The monoisotopic (exact) mass is 240 g/mol. The van der Waals surface area contributed by atoms with Crippen LogP contribution in [-0.2, 0) is 4.74 Å². The molecule has 0 spiro atoms. The predicted octanol–water partition coefficient (Wildman–Crippen LogP) is 1.85. The van der Waals surface area contributed by atoms with Gasteiger partial charge < -0.3 is 15.0 Å². The van der Waals surface area contributed by atoms with Crippen LogP contribution in [0.15, 0.2) is 0 Å². The highest BCUT2D eigenvalue weighted by molar-refractivity contribution is 5.74. The number of morpholine rings is 1. The van der Waals surface area contributed by atoms with E-state index in [9.17, 15) is 4.79 Å². The van der Waals surface area contributed by atoms with E-state index in [1.165, 1.54) is 25.7 Å². The minimum Gasteiger partial charge on any atom is -0.378 e. The fraction of sp³-hybridized carbons (Fsp3) is 0.923. The second kappa shape index (κ2) is 6.24. The topological polar surface area (TPSA) is 41.6 Å². The summed E-state index contributed by atoms with van der Waals surface area (Å²) in [6.07, 6.45) is 5.17. The summed E-state index contributed by atoms with van der Waals surface area (Å²) in [5, 5.41) is 3.07. The molecule has 0 atom stereocenters. The van der Waals surface area contributed by atoms with Gasteiger partial charge in [-0.05, 0) is 24.7 Å². The third kappa shape index (κ3) is 3.87. The molecule has 0 aromatic rings. The molecule has 17 heavy (non-hydrogen) atoms. The molecule has 2 aliphatic rings. The van der Waals surface area contributed by atoms with Gasteiger partial charge in [0.15, 0.2) is 0 Å². The number of carbonyl (C=O) groups excluding carboxylic acids is 1. The van der Waals surface area contributed by atoms with Gasteiger partial charge in [-0.1, -0.05) is 19.8 Å². The fourth-order valence-electron chi connectivity index (χ4n) is 2.64. The van der Waals surface area contributed by atoms with E-state index in [4.69, 9.17) is 4.74 Å². The molecular weight excluding hydrogens is 216 g/mol. The van der Waals surface area contributed by atoms with Crippen molar-refractivity contribution < 1.29 is 9.53 Å². The Morgan fingerprint density at radius 2 is 1.88 bits per heavy atom. The normalized spacial score (nSPS) is 30.1. The molecule has 1 saturated carbocycles. The van der Waals surface area contributed by atoms with E-state index in [2.05, 4.69) is 12.2 Å². The molecule has 2 amide bonds. The molecule has 1 saturated heterocycles. The Hall–Kier alpha value is -0.770. The van der Waals surface area contributed by atoms with Gasteiger partial charge in [0, 0.05) is 19.6 Å². The van der Waals surface area contributed by atoms with E-state index < -0.39 is 0 Å². The Labute approximate surface area is 104 Å². The van der Waals surface area contributed by atoms with Crippen molar-refractivity contribution in [1.29, 1.82) is 0 Å². The maximum atomic E-state index is 11.9. The van der Waals surface area contributed by atoms with Gasteiger partial charge >= 0.3 is 6.03 Å². The smallest absolute Gasteiger partial charge is 0.317 e. The Morgan fingerprint density at radius 3 is 2.53 bits per heavy atom. The van der Waals surface area contributed by atoms with Crippen LogP contribution in [0.25, 0.3) is 0 Å². The zero-order chi connectivity index (χ0) is 12.1. The maximum Gasteiger partial charge on any atom is 0.317 e. The van der Waals surface area contributed by atoms with E-state index in [1.807, 2.05) is 4.90 Å². The van der Waals surface area contributed by atoms with Crippen molar-refractivity contribution >= 4 is 6.03 Å². The van der Waals surface area contributed by atoms with E-state index >= 15 is 0 Å². The Bertz CT molecular complexity index is 244. The van der Waals surface area contributed by atoms with E-state index in [0.29, 0.717) is 19.1 Å². The van der Waals surface area contributed by atoms with E-state index in [1.54, 1.807) is 0 Å². The highest BCUT2D eigenvalue weighted by Gasteiger charge is 2.21. The standard InChI is InChI=1S/C13H24N2O2/c1-11-2-4-12(5-3-11)10-14-13(16)15-6-8-17-9-7-15/h11-12H,2-10H2,1H3,(H,14,16). The molecule has 0 bridgehead atoms. The summed E-state index contributed by atoms with van der Waals surface area (Å²) in [7, 11) is 0. The van der Waals surface area contributed by atoms with Gasteiger partial charge in [-0.15, -0.1) is 0 Å². The number of rotatable bonds is 2. The van der Waals surface area contributed by atoms with Crippen LogP contribution in [0.4, 0.5) is 4.79 Å². The highest BCUT2D eigenvalue weighted by atomic mass is 16.5. The first-order chi connectivity index (χ1) is 8.25. The lowest BCUT2D eigenvalue weighted by Gasteiger charge is -2.29. The molecule has 4 nitrogen and oxygen atoms in total. The van der Waals surface area contributed by atoms with Gasteiger partial charge in [-0.2, -0.15) is 0 Å². The summed E-state index contributed by atoms with van der Waals surface area (Å²) >= 11 is 0. The van der Waals surface area contributed by atoms with Crippen molar-refractivity contribution in [3.05, 3.63) is 0 Å². The highest BCUT2D eigenvalue weighted by Crippen LogP contribution is 2.27. The molecular formula is C13H24N2O2. The van der Waals surface area contributed by atoms with Gasteiger partial charge in [0.25, 0.3) is 0 Å². The zero-order valence-electron chi connectivity index (χ0n) is 10.8. The summed E-state index contributed by atoms with van der Waals surface area (Å²) < 4.78 is 5.23. The van der Waals surface area contributed by atoms with E-state index in [0.717, 1.165) is 25.6 Å². The third-order valence-electron chi connectivity index (χ3n) is 3.98. The molecule has 2 rings (SSSR count). The molecule has 98 valence electrons. The average Bonchev–Trinajstić information content (AvgIpc) is 2.39. The number of nitrogens with zero attached hydrogens (tertiary/aromatic N) is 1. The van der Waals surface area contributed by atoms with Gasteiger partial charge in [-0.3, -0.25) is 0 Å². The van der Waals surface area contributed by atoms with Crippen molar-refractivity contribution in [1.82, 2.24) is 10.2 Å². The summed E-state index contributed by atoms with van der Waals surface area (Å²) in [6.45, 7) is 5.98. The van der Waals surface area contributed by atoms with Crippen LogP contribution >= 0.6 is 0 Å².